The standard InChI is InChI=1S/C17H14N2O/c1-20-16-8-2-7-15(13-5-3-9-18-11-13)17(16)14-6-4-10-19-12-14/h2-12H,1H3. The van der Waals surface area contributed by atoms with Gasteiger partial charge in [-0.15, -0.1) is 0 Å². The van der Waals surface area contributed by atoms with Crippen LogP contribution in [-0.2, 0) is 0 Å². The highest BCUT2D eigenvalue weighted by molar-refractivity contribution is 5.87. The van der Waals surface area contributed by atoms with Gasteiger partial charge in [0.2, 0.25) is 0 Å². The van der Waals surface area contributed by atoms with Gasteiger partial charge in [-0.25, -0.2) is 0 Å². The van der Waals surface area contributed by atoms with Gasteiger partial charge in [-0.2, -0.15) is 0 Å². The molecule has 0 saturated carbocycles. The molecule has 2 aromatic heterocycles. The van der Waals surface area contributed by atoms with Crippen LogP contribution in [0.15, 0.2) is 67.3 Å². The van der Waals surface area contributed by atoms with Crippen molar-refractivity contribution < 1.29 is 4.74 Å². The van der Waals surface area contributed by atoms with Crippen molar-refractivity contribution in [1.29, 1.82) is 0 Å². The molecule has 1 aromatic carbocycles. The highest BCUT2D eigenvalue weighted by Gasteiger charge is 2.12. The SMILES string of the molecule is COc1cccc(-c2cccnc2)c1-c1cccnc1. The van der Waals surface area contributed by atoms with Crippen LogP contribution >= 0.6 is 0 Å². The molecule has 0 saturated heterocycles. The zero-order valence-electron chi connectivity index (χ0n) is 11.2. The van der Waals surface area contributed by atoms with E-state index in [1.165, 1.54) is 0 Å². The number of hydrogen-bond acceptors (Lipinski definition) is 3. The molecule has 3 aromatic rings. The number of ether oxygens (including phenoxy) is 1. The second-order valence-corrected chi connectivity index (χ2v) is 4.37. The van der Waals surface area contributed by atoms with Crippen LogP contribution in [0.3, 0.4) is 0 Å². The van der Waals surface area contributed by atoms with E-state index in [4.69, 9.17) is 4.74 Å². The lowest BCUT2D eigenvalue weighted by Crippen LogP contribution is -1.92. The summed E-state index contributed by atoms with van der Waals surface area (Å²) < 4.78 is 5.51. The first-order chi connectivity index (χ1) is 9.90. The average Bonchev–Trinajstić information content (AvgIpc) is 2.55. The summed E-state index contributed by atoms with van der Waals surface area (Å²) in [7, 11) is 1.68. The van der Waals surface area contributed by atoms with Gasteiger partial charge >= 0.3 is 0 Å². The van der Waals surface area contributed by atoms with E-state index >= 15 is 0 Å². The lowest BCUT2D eigenvalue weighted by molar-refractivity contribution is 0.416. The van der Waals surface area contributed by atoms with Crippen molar-refractivity contribution in [3.63, 3.8) is 0 Å². The minimum absolute atomic E-state index is 0.833. The quantitative estimate of drug-likeness (QED) is 0.719. The maximum atomic E-state index is 5.51. The van der Waals surface area contributed by atoms with Crippen molar-refractivity contribution in [2.45, 2.75) is 0 Å². The molecule has 0 unspecified atom stereocenters. The van der Waals surface area contributed by atoms with Gasteiger partial charge in [0, 0.05) is 41.5 Å². The lowest BCUT2D eigenvalue weighted by Gasteiger charge is -2.14. The van der Waals surface area contributed by atoms with Crippen molar-refractivity contribution in [1.82, 2.24) is 9.97 Å². The van der Waals surface area contributed by atoms with Gasteiger partial charge in [0.05, 0.1) is 7.11 Å². The van der Waals surface area contributed by atoms with E-state index in [0.29, 0.717) is 0 Å². The van der Waals surface area contributed by atoms with E-state index in [1.807, 2.05) is 48.8 Å². The Hall–Kier alpha value is -2.68. The molecule has 0 N–H and O–H groups in total. The van der Waals surface area contributed by atoms with Gasteiger partial charge in [-0.1, -0.05) is 24.3 Å². The maximum Gasteiger partial charge on any atom is 0.127 e. The van der Waals surface area contributed by atoms with Crippen molar-refractivity contribution in [3.8, 4) is 28.0 Å². The zero-order valence-corrected chi connectivity index (χ0v) is 11.2. The molecule has 2 heterocycles. The van der Waals surface area contributed by atoms with Gasteiger partial charge in [0.1, 0.15) is 5.75 Å². The molecule has 0 spiro atoms. The van der Waals surface area contributed by atoms with Gasteiger partial charge < -0.3 is 4.74 Å². The summed E-state index contributed by atoms with van der Waals surface area (Å²) in [5, 5.41) is 0. The fourth-order valence-electron chi connectivity index (χ4n) is 2.27. The largest absolute Gasteiger partial charge is 0.496 e. The Bertz CT molecular complexity index is 697. The predicted octanol–water partition coefficient (Wildman–Crippen LogP) is 3.82. The molecular weight excluding hydrogens is 248 g/mol. The van der Waals surface area contributed by atoms with E-state index in [0.717, 1.165) is 28.0 Å². The summed E-state index contributed by atoms with van der Waals surface area (Å²) in [6.45, 7) is 0. The summed E-state index contributed by atoms with van der Waals surface area (Å²) in [6.07, 6.45) is 7.24. The Kier molecular flexibility index (Phi) is 3.42. The molecule has 0 radical (unpaired) electrons. The highest BCUT2D eigenvalue weighted by atomic mass is 16.5. The summed E-state index contributed by atoms with van der Waals surface area (Å²) >= 11 is 0. The van der Waals surface area contributed by atoms with Crippen molar-refractivity contribution >= 4 is 0 Å². The molecule has 3 nitrogen and oxygen atoms in total. The van der Waals surface area contributed by atoms with E-state index in [-0.39, 0.29) is 0 Å². The summed E-state index contributed by atoms with van der Waals surface area (Å²) in [5.41, 5.74) is 4.22. The van der Waals surface area contributed by atoms with Crippen molar-refractivity contribution in [3.05, 3.63) is 67.3 Å². The molecule has 3 heteroatoms. The molecule has 98 valence electrons. The molecule has 0 fully saturated rings. The molecular formula is C17H14N2O. The Balaban J connectivity index is 2.26. The number of nitrogens with zero attached hydrogens (tertiary/aromatic N) is 2. The van der Waals surface area contributed by atoms with Crippen LogP contribution in [0.4, 0.5) is 0 Å². The lowest BCUT2D eigenvalue weighted by atomic mass is 9.95. The van der Waals surface area contributed by atoms with Crippen LogP contribution in [-0.4, -0.2) is 17.1 Å². The first-order valence-electron chi connectivity index (χ1n) is 6.38. The summed E-state index contributed by atoms with van der Waals surface area (Å²) in [6, 6.07) is 14.0. The molecule has 0 atom stereocenters. The van der Waals surface area contributed by atoms with E-state index < -0.39 is 0 Å². The maximum absolute atomic E-state index is 5.51. The van der Waals surface area contributed by atoms with Gasteiger partial charge in [0.15, 0.2) is 0 Å². The number of pyridine rings is 2. The number of rotatable bonds is 3. The number of benzene rings is 1. The third-order valence-corrected chi connectivity index (χ3v) is 3.17. The van der Waals surface area contributed by atoms with E-state index in [9.17, 15) is 0 Å². The van der Waals surface area contributed by atoms with Crippen LogP contribution < -0.4 is 4.74 Å². The molecule has 0 aliphatic rings. The van der Waals surface area contributed by atoms with Gasteiger partial charge in [-0.05, 0) is 23.8 Å². The van der Waals surface area contributed by atoms with Crippen LogP contribution in [0.25, 0.3) is 22.3 Å². The fourth-order valence-corrected chi connectivity index (χ4v) is 2.27. The second kappa shape index (κ2) is 5.53. The molecule has 3 rings (SSSR count). The Labute approximate surface area is 117 Å². The molecule has 0 aliphatic heterocycles. The topological polar surface area (TPSA) is 35.0 Å². The monoisotopic (exact) mass is 262 g/mol. The first kappa shape index (κ1) is 12.4. The van der Waals surface area contributed by atoms with E-state index in [1.54, 1.807) is 19.5 Å². The zero-order chi connectivity index (χ0) is 13.8. The summed E-state index contributed by atoms with van der Waals surface area (Å²) in [5.74, 6) is 0.833. The number of methoxy groups -OCH3 is 1. The molecule has 0 amide bonds. The molecule has 0 bridgehead atoms. The van der Waals surface area contributed by atoms with Crippen LogP contribution in [0.1, 0.15) is 0 Å². The minimum atomic E-state index is 0.833. The van der Waals surface area contributed by atoms with Crippen molar-refractivity contribution in [2.24, 2.45) is 0 Å². The first-order valence-corrected chi connectivity index (χ1v) is 6.38. The molecule has 20 heavy (non-hydrogen) atoms. The smallest absolute Gasteiger partial charge is 0.127 e. The fraction of sp³-hybridized carbons (Fsp3) is 0.0588. The van der Waals surface area contributed by atoms with Crippen LogP contribution in [0, 0.1) is 0 Å². The summed E-state index contributed by atoms with van der Waals surface area (Å²) in [4.78, 5) is 8.39. The Morgan fingerprint density at radius 3 is 2.10 bits per heavy atom. The number of aromatic nitrogens is 2. The van der Waals surface area contributed by atoms with Gasteiger partial charge in [0.25, 0.3) is 0 Å². The highest BCUT2D eigenvalue weighted by Crippen LogP contribution is 2.38. The second-order valence-electron chi connectivity index (χ2n) is 4.37. The van der Waals surface area contributed by atoms with Gasteiger partial charge in [-0.3, -0.25) is 9.97 Å². The predicted molar refractivity (Wildman–Crippen MR) is 79.5 cm³/mol. The minimum Gasteiger partial charge on any atom is -0.496 e. The normalized spacial score (nSPS) is 10.2. The Morgan fingerprint density at radius 1 is 0.800 bits per heavy atom. The van der Waals surface area contributed by atoms with Crippen molar-refractivity contribution in [2.75, 3.05) is 7.11 Å². The average molecular weight is 262 g/mol. The third-order valence-electron chi connectivity index (χ3n) is 3.17. The third kappa shape index (κ3) is 2.26. The van der Waals surface area contributed by atoms with E-state index in [2.05, 4.69) is 16.0 Å². The Morgan fingerprint density at radius 2 is 1.50 bits per heavy atom. The van der Waals surface area contributed by atoms with Crippen LogP contribution in [0.5, 0.6) is 5.75 Å². The van der Waals surface area contributed by atoms with Crippen LogP contribution in [0.2, 0.25) is 0 Å². The molecule has 0 aliphatic carbocycles. The number of hydrogen-bond donors (Lipinski definition) is 0.